The molecule has 0 spiro atoms. The first-order chi connectivity index (χ1) is 6.68. The number of carboxylic acid groups (broad SMARTS) is 1. The van der Waals surface area contributed by atoms with Gasteiger partial charge in [0, 0.05) is 4.47 Å². The first-order valence-corrected chi connectivity index (χ1v) is 5.52. The molecule has 0 atom stereocenters. The van der Waals surface area contributed by atoms with Crippen LogP contribution in [0, 0.1) is 0 Å². The van der Waals surface area contributed by atoms with E-state index in [1.807, 2.05) is 6.07 Å². The number of benzene rings is 1. The van der Waals surface area contributed by atoms with Crippen LogP contribution in [0.5, 0.6) is 0 Å². The molecule has 0 amide bonds. The Morgan fingerprint density at radius 2 is 1.79 bits per heavy atom. The van der Waals surface area contributed by atoms with E-state index in [1.165, 1.54) is 24.0 Å². The van der Waals surface area contributed by atoms with E-state index in [-0.39, 0.29) is 0 Å². The summed E-state index contributed by atoms with van der Waals surface area (Å²) < 4.78 is 0.700. The van der Waals surface area contributed by atoms with Crippen LogP contribution in [-0.4, -0.2) is 11.1 Å². The lowest BCUT2D eigenvalue weighted by molar-refractivity contribution is 0.0695. The number of hydrogen-bond acceptors (Lipinski definition) is 1. The van der Waals surface area contributed by atoms with Crippen molar-refractivity contribution in [2.75, 3.05) is 0 Å². The average molecular weight is 255 g/mol. The molecule has 0 aliphatic heterocycles. The third kappa shape index (κ3) is 1.69. The van der Waals surface area contributed by atoms with Crippen LogP contribution < -0.4 is 0 Å². The fraction of sp³-hybridized carbons (Fsp3) is 0.364. The molecule has 2 nitrogen and oxygen atoms in total. The van der Waals surface area contributed by atoms with Crippen LogP contribution in [0.15, 0.2) is 16.6 Å². The third-order valence-electron chi connectivity index (χ3n) is 2.66. The maximum Gasteiger partial charge on any atom is 0.336 e. The average Bonchev–Trinajstić information content (AvgIpc) is 2.16. The second-order valence-electron chi connectivity index (χ2n) is 3.61. The molecular weight excluding hydrogens is 244 g/mol. The number of hydrogen-bond donors (Lipinski definition) is 1. The third-order valence-corrected chi connectivity index (χ3v) is 3.32. The zero-order valence-corrected chi connectivity index (χ0v) is 9.30. The number of rotatable bonds is 1. The first kappa shape index (κ1) is 9.71. The van der Waals surface area contributed by atoms with Crippen LogP contribution in [0.2, 0.25) is 0 Å². The van der Waals surface area contributed by atoms with Crippen molar-refractivity contribution in [2.24, 2.45) is 0 Å². The fourth-order valence-electron chi connectivity index (χ4n) is 1.92. The molecule has 3 heteroatoms. The molecule has 1 aliphatic rings. The summed E-state index contributed by atoms with van der Waals surface area (Å²) in [7, 11) is 0. The summed E-state index contributed by atoms with van der Waals surface area (Å²) in [4.78, 5) is 10.9. The minimum Gasteiger partial charge on any atom is -0.478 e. The molecule has 0 bridgehead atoms. The van der Waals surface area contributed by atoms with E-state index < -0.39 is 5.97 Å². The van der Waals surface area contributed by atoms with E-state index >= 15 is 0 Å². The van der Waals surface area contributed by atoms with E-state index in [2.05, 4.69) is 15.9 Å². The Bertz CT molecular complexity index is 385. The predicted octanol–water partition coefficient (Wildman–Crippen LogP) is 3.03. The van der Waals surface area contributed by atoms with Crippen molar-refractivity contribution < 1.29 is 9.90 Å². The number of fused-ring (bicyclic) bond motifs is 1. The molecule has 0 saturated carbocycles. The lowest BCUT2D eigenvalue weighted by Crippen LogP contribution is -2.06. The van der Waals surface area contributed by atoms with E-state index in [4.69, 9.17) is 5.11 Å². The normalized spacial score (nSPS) is 14.9. The quantitative estimate of drug-likeness (QED) is 0.837. The molecule has 1 aromatic carbocycles. The molecule has 1 N–H and O–H groups in total. The lowest BCUT2D eigenvalue weighted by Gasteiger charge is -2.16. The second kappa shape index (κ2) is 3.73. The number of aryl methyl sites for hydroxylation is 2. The van der Waals surface area contributed by atoms with Crippen molar-refractivity contribution in [3.63, 3.8) is 0 Å². The highest BCUT2D eigenvalue weighted by atomic mass is 79.9. The largest absolute Gasteiger partial charge is 0.478 e. The van der Waals surface area contributed by atoms with Gasteiger partial charge >= 0.3 is 5.97 Å². The zero-order valence-electron chi connectivity index (χ0n) is 7.72. The van der Waals surface area contributed by atoms with Crippen molar-refractivity contribution in [1.29, 1.82) is 0 Å². The summed E-state index contributed by atoms with van der Waals surface area (Å²) in [5.74, 6) is -0.856. The van der Waals surface area contributed by atoms with Crippen LogP contribution in [-0.2, 0) is 12.8 Å². The molecule has 1 aliphatic carbocycles. The monoisotopic (exact) mass is 254 g/mol. The van der Waals surface area contributed by atoms with Gasteiger partial charge in [-0.15, -0.1) is 0 Å². The minimum atomic E-state index is -0.856. The van der Waals surface area contributed by atoms with Crippen molar-refractivity contribution in [3.8, 4) is 0 Å². The van der Waals surface area contributed by atoms with Gasteiger partial charge in [0.15, 0.2) is 0 Å². The smallest absolute Gasteiger partial charge is 0.336 e. The summed E-state index contributed by atoms with van der Waals surface area (Å²) in [6.07, 6.45) is 4.48. The highest BCUT2D eigenvalue weighted by molar-refractivity contribution is 9.10. The van der Waals surface area contributed by atoms with Crippen LogP contribution in [0.25, 0.3) is 0 Å². The van der Waals surface area contributed by atoms with Gasteiger partial charge in [0.1, 0.15) is 0 Å². The van der Waals surface area contributed by atoms with E-state index in [9.17, 15) is 4.79 Å². The summed E-state index contributed by atoms with van der Waals surface area (Å²) >= 11 is 3.30. The summed E-state index contributed by atoms with van der Waals surface area (Å²) in [6.45, 7) is 0. The lowest BCUT2D eigenvalue weighted by atomic mass is 9.90. The standard InChI is InChI=1S/C11H11BrO2/c12-10-6-8-4-2-1-3-7(8)5-9(10)11(13)14/h5-6H,1-4H2,(H,13,14). The van der Waals surface area contributed by atoms with Crippen molar-refractivity contribution in [3.05, 3.63) is 33.3 Å². The Morgan fingerprint density at radius 1 is 1.21 bits per heavy atom. The number of aromatic carboxylic acids is 1. The van der Waals surface area contributed by atoms with Gasteiger partial charge < -0.3 is 5.11 Å². The maximum absolute atomic E-state index is 10.9. The molecule has 0 radical (unpaired) electrons. The van der Waals surface area contributed by atoms with Gasteiger partial charge in [-0.25, -0.2) is 4.79 Å². The summed E-state index contributed by atoms with van der Waals surface area (Å²) in [5, 5.41) is 8.94. The Kier molecular flexibility index (Phi) is 2.59. The Balaban J connectivity index is 2.50. The molecule has 14 heavy (non-hydrogen) atoms. The molecule has 74 valence electrons. The van der Waals surface area contributed by atoms with Gasteiger partial charge in [-0.05, 0) is 64.9 Å². The maximum atomic E-state index is 10.9. The van der Waals surface area contributed by atoms with E-state index in [0.29, 0.717) is 10.0 Å². The number of carboxylic acids is 1. The Hall–Kier alpha value is -0.830. The molecule has 0 fully saturated rings. The highest BCUT2D eigenvalue weighted by Crippen LogP contribution is 2.27. The minimum absolute atomic E-state index is 0.380. The zero-order chi connectivity index (χ0) is 10.1. The summed E-state index contributed by atoms with van der Waals surface area (Å²) in [5.41, 5.74) is 2.88. The Morgan fingerprint density at radius 3 is 2.36 bits per heavy atom. The number of halogens is 1. The second-order valence-corrected chi connectivity index (χ2v) is 4.47. The molecular formula is C11H11BrO2. The van der Waals surface area contributed by atoms with Crippen LogP contribution >= 0.6 is 15.9 Å². The topological polar surface area (TPSA) is 37.3 Å². The molecule has 0 saturated heterocycles. The van der Waals surface area contributed by atoms with E-state index in [1.54, 1.807) is 6.07 Å². The van der Waals surface area contributed by atoms with Crippen LogP contribution in [0.4, 0.5) is 0 Å². The SMILES string of the molecule is O=C(O)c1cc2c(cc1Br)CCCC2. The van der Waals surface area contributed by atoms with E-state index in [0.717, 1.165) is 12.8 Å². The predicted molar refractivity (Wildman–Crippen MR) is 57.7 cm³/mol. The Labute approximate surface area is 91.1 Å². The molecule has 0 unspecified atom stereocenters. The van der Waals surface area contributed by atoms with Crippen molar-refractivity contribution in [2.45, 2.75) is 25.7 Å². The molecule has 1 aromatic rings. The molecule has 0 aromatic heterocycles. The van der Waals surface area contributed by atoms with Gasteiger partial charge in [0.25, 0.3) is 0 Å². The number of carbonyl (C=O) groups is 1. The first-order valence-electron chi connectivity index (χ1n) is 4.73. The van der Waals surface area contributed by atoms with Crippen LogP contribution in [0.3, 0.4) is 0 Å². The van der Waals surface area contributed by atoms with Gasteiger partial charge in [0.05, 0.1) is 5.56 Å². The fourth-order valence-corrected chi connectivity index (χ4v) is 2.48. The van der Waals surface area contributed by atoms with Gasteiger partial charge in [-0.3, -0.25) is 0 Å². The van der Waals surface area contributed by atoms with Crippen molar-refractivity contribution >= 4 is 21.9 Å². The van der Waals surface area contributed by atoms with Gasteiger partial charge in [-0.1, -0.05) is 0 Å². The molecule has 2 rings (SSSR count). The van der Waals surface area contributed by atoms with Crippen LogP contribution in [0.1, 0.15) is 34.3 Å². The summed E-state index contributed by atoms with van der Waals surface area (Å²) in [6, 6.07) is 3.76. The van der Waals surface area contributed by atoms with Gasteiger partial charge in [-0.2, -0.15) is 0 Å². The van der Waals surface area contributed by atoms with Gasteiger partial charge in [0.2, 0.25) is 0 Å². The molecule has 0 heterocycles. The van der Waals surface area contributed by atoms with Crippen molar-refractivity contribution in [1.82, 2.24) is 0 Å². The highest BCUT2D eigenvalue weighted by Gasteiger charge is 2.15.